The average Bonchev–Trinajstić information content (AvgIpc) is 2.21. The van der Waals surface area contributed by atoms with Gasteiger partial charge in [-0.1, -0.05) is 23.2 Å². The number of aromatic nitrogens is 2. The minimum atomic E-state index is -4.32. The number of rotatable bonds is 5. The third kappa shape index (κ3) is 5.90. The van der Waals surface area contributed by atoms with Crippen LogP contribution >= 0.6 is 23.2 Å². The highest BCUT2D eigenvalue weighted by Crippen LogP contribution is 2.20. The molecule has 0 atom stereocenters. The molecule has 96 valence electrons. The molecule has 0 aromatic carbocycles. The zero-order valence-electron chi connectivity index (χ0n) is 8.39. The number of halogens is 5. The summed E-state index contributed by atoms with van der Waals surface area (Å²) in [5.41, 5.74) is 0.391. The molecule has 0 radical (unpaired) electrons. The topological polar surface area (TPSA) is 47.0 Å². The first kappa shape index (κ1) is 14.3. The Kier molecular flexibility index (Phi) is 5.23. The summed E-state index contributed by atoms with van der Waals surface area (Å²) in [6.45, 7) is -1.24. The van der Waals surface area contributed by atoms with Crippen LogP contribution in [0.1, 0.15) is 0 Å². The van der Waals surface area contributed by atoms with Crippen LogP contribution in [0.5, 0.6) is 0 Å². The molecule has 1 heterocycles. The van der Waals surface area contributed by atoms with E-state index in [0.29, 0.717) is 5.69 Å². The number of hydrogen-bond donors (Lipinski definition) is 1. The molecule has 4 nitrogen and oxygen atoms in total. The van der Waals surface area contributed by atoms with Crippen molar-refractivity contribution in [3.05, 3.63) is 16.4 Å². The van der Waals surface area contributed by atoms with E-state index in [0.717, 1.165) is 0 Å². The lowest BCUT2D eigenvalue weighted by Gasteiger charge is -2.09. The minimum absolute atomic E-state index is 0.0882. The van der Waals surface area contributed by atoms with Crippen LogP contribution in [0.3, 0.4) is 0 Å². The van der Waals surface area contributed by atoms with Gasteiger partial charge in [0.15, 0.2) is 10.3 Å². The molecule has 0 bridgehead atoms. The summed E-state index contributed by atoms with van der Waals surface area (Å²) < 4.78 is 39.6. The van der Waals surface area contributed by atoms with Crippen LogP contribution in [0, 0.1) is 0 Å². The second-order valence-electron chi connectivity index (χ2n) is 2.97. The maximum absolute atomic E-state index is 11.7. The molecule has 0 aliphatic carbocycles. The molecule has 9 heteroatoms. The molecule has 1 aromatic rings. The van der Waals surface area contributed by atoms with Gasteiger partial charge in [0.25, 0.3) is 0 Å². The number of anilines is 1. The van der Waals surface area contributed by atoms with E-state index in [1.165, 1.54) is 6.07 Å². The third-order valence-electron chi connectivity index (χ3n) is 1.55. The monoisotopic (exact) mass is 289 g/mol. The Morgan fingerprint density at radius 1 is 1.29 bits per heavy atom. The Morgan fingerprint density at radius 2 is 2.00 bits per heavy atom. The zero-order valence-corrected chi connectivity index (χ0v) is 9.90. The van der Waals surface area contributed by atoms with Gasteiger partial charge in [0.2, 0.25) is 0 Å². The smallest absolute Gasteiger partial charge is 0.380 e. The molecule has 0 fully saturated rings. The molecule has 1 aromatic heterocycles. The highest BCUT2D eigenvalue weighted by Gasteiger charge is 2.27. The molecule has 0 amide bonds. The first-order valence-electron chi connectivity index (χ1n) is 4.45. The molecule has 0 unspecified atom stereocenters. The molecule has 1 rings (SSSR count). The fourth-order valence-electron chi connectivity index (χ4n) is 0.923. The largest absolute Gasteiger partial charge is 0.411 e. The average molecular weight is 290 g/mol. The van der Waals surface area contributed by atoms with Crippen molar-refractivity contribution in [1.82, 2.24) is 10.2 Å². The fraction of sp³-hybridized carbons (Fsp3) is 0.500. The predicted octanol–water partition coefficient (Wildman–Crippen LogP) is 2.77. The van der Waals surface area contributed by atoms with Gasteiger partial charge in [0.05, 0.1) is 12.3 Å². The summed E-state index contributed by atoms with van der Waals surface area (Å²) in [5.74, 6) is 0. The van der Waals surface area contributed by atoms with Crippen molar-refractivity contribution in [2.24, 2.45) is 0 Å². The van der Waals surface area contributed by atoms with E-state index in [4.69, 9.17) is 23.2 Å². The van der Waals surface area contributed by atoms with Crippen molar-refractivity contribution in [2.45, 2.75) is 6.18 Å². The molecule has 0 aliphatic heterocycles. The third-order valence-corrected chi connectivity index (χ3v) is 2.01. The second kappa shape index (κ2) is 6.23. The summed E-state index contributed by atoms with van der Waals surface area (Å²) in [6.07, 6.45) is -4.32. The van der Waals surface area contributed by atoms with Gasteiger partial charge in [-0.15, -0.1) is 10.2 Å². The van der Waals surface area contributed by atoms with Crippen LogP contribution in [0.4, 0.5) is 18.9 Å². The number of ether oxygens (including phenoxy) is 1. The maximum Gasteiger partial charge on any atom is 0.411 e. The minimum Gasteiger partial charge on any atom is -0.380 e. The molecular weight excluding hydrogens is 282 g/mol. The Balaban J connectivity index is 2.29. The highest BCUT2D eigenvalue weighted by atomic mass is 35.5. The van der Waals surface area contributed by atoms with E-state index in [1.807, 2.05) is 0 Å². The van der Waals surface area contributed by atoms with E-state index in [2.05, 4.69) is 20.3 Å². The molecule has 0 aliphatic rings. The molecule has 1 N–H and O–H groups in total. The summed E-state index contributed by atoms with van der Waals surface area (Å²) in [6, 6.07) is 1.42. The highest BCUT2D eigenvalue weighted by molar-refractivity contribution is 6.33. The van der Waals surface area contributed by atoms with E-state index < -0.39 is 12.8 Å². The van der Waals surface area contributed by atoms with Crippen LogP contribution in [-0.4, -0.2) is 36.1 Å². The van der Waals surface area contributed by atoms with Crippen LogP contribution in [0.15, 0.2) is 6.07 Å². The van der Waals surface area contributed by atoms with Gasteiger partial charge < -0.3 is 10.1 Å². The van der Waals surface area contributed by atoms with Crippen molar-refractivity contribution >= 4 is 28.9 Å². The van der Waals surface area contributed by atoms with Gasteiger partial charge in [-0.2, -0.15) is 13.2 Å². The number of hydrogen-bond acceptors (Lipinski definition) is 4. The number of nitrogens with one attached hydrogen (secondary N) is 1. The quantitative estimate of drug-likeness (QED) is 0.847. The van der Waals surface area contributed by atoms with Crippen molar-refractivity contribution in [3.8, 4) is 0 Å². The molecule has 0 saturated carbocycles. The first-order valence-corrected chi connectivity index (χ1v) is 5.21. The molecular formula is C8H8Cl2F3N3O. The van der Waals surface area contributed by atoms with Crippen LogP contribution < -0.4 is 5.32 Å². The molecule has 0 spiro atoms. The van der Waals surface area contributed by atoms with Gasteiger partial charge in [0, 0.05) is 12.6 Å². The Bertz CT molecular complexity index is 376. The lowest BCUT2D eigenvalue weighted by atomic mass is 10.4. The summed E-state index contributed by atoms with van der Waals surface area (Å²) >= 11 is 11.2. The van der Waals surface area contributed by atoms with Gasteiger partial charge in [0.1, 0.15) is 6.61 Å². The second-order valence-corrected chi connectivity index (χ2v) is 3.71. The van der Waals surface area contributed by atoms with Gasteiger partial charge in [-0.25, -0.2) is 0 Å². The molecule has 0 saturated heterocycles. The normalized spacial score (nSPS) is 11.6. The Morgan fingerprint density at radius 3 is 2.65 bits per heavy atom. The number of alkyl halides is 3. The van der Waals surface area contributed by atoms with Gasteiger partial charge >= 0.3 is 6.18 Å². The summed E-state index contributed by atoms with van der Waals surface area (Å²) in [4.78, 5) is 0. The van der Waals surface area contributed by atoms with Crippen molar-refractivity contribution in [1.29, 1.82) is 0 Å². The van der Waals surface area contributed by atoms with Gasteiger partial charge in [-0.3, -0.25) is 0 Å². The Labute approximate surface area is 105 Å². The van der Waals surface area contributed by atoms with Crippen LogP contribution in [0.25, 0.3) is 0 Å². The molecule has 17 heavy (non-hydrogen) atoms. The summed E-state index contributed by atoms with van der Waals surface area (Å²) in [7, 11) is 0. The van der Waals surface area contributed by atoms with Crippen LogP contribution in [0.2, 0.25) is 10.3 Å². The predicted molar refractivity (Wildman–Crippen MR) is 57.4 cm³/mol. The SMILES string of the molecule is FC(F)(F)COCCNc1cc(Cl)nnc1Cl. The number of nitrogens with zero attached hydrogens (tertiary/aromatic N) is 2. The first-order chi connectivity index (χ1) is 7.88. The van der Waals surface area contributed by atoms with Crippen molar-refractivity contribution in [2.75, 3.05) is 25.1 Å². The lowest BCUT2D eigenvalue weighted by molar-refractivity contribution is -0.172. The van der Waals surface area contributed by atoms with E-state index in [9.17, 15) is 13.2 Å². The van der Waals surface area contributed by atoms with E-state index >= 15 is 0 Å². The van der Waals surface area contributed by atoms with Gasteiger partial charge in [-0.05, 0) is 0 Å². The standard InChI is InChI=1S/C8H8Cl2F3N3O/c9-6-3-5(7(10)16-15-6)14-1-2-17-4-8(11,12)13/h3H,1-2,4H2,(H,14,15). The van der Waals surface area contributed by atoms with E-state index in [1.54, 1.807) is 0 Å². The fourth-order valence-corrected chi connectivity index (χ4v) is 1.23. The zero-order chi connectivity index (χ0) is 12.9. The Hall–Kier alpha value is -0.790. The van der Waals surface area contributed by atoms with Crippen molar-refractivity contribution < 1.29 is 17.9 Å². The summed E-state index contributed by atoms with van der Waals surface area (Å²) in [5, 5.41) is 9.95. The van der Waals surface area contributed by atoms with Crippen LogP contribution in [-0.2, 0) is 4.74 Å². The lowest BCUT2D eigenvalue weighted by Crippen LogP contribution is -2.20. The van der Waals surface area contributed by atoms with Crippen molar-refractivity contribution in [3.63, 3.8) is 0 Å². The maximum atomic E-state index is 11.7. The van der Waals surface area contributed by atoms with E-state index in [-0.39, 0.29) is 23.5 Å².